The Morgan fingerprint density at radius 1 is 1.07 bits per heavy atom. The van der Waals surface area contributed by atoms with Crippen molar-refractivity contribution in [2.75, 3.05) is 30.0 Å². The number of halogens is 1. The third-order valence-electron chi connectivity index (χ3n) is 4.14. The van der Waals surface area contributed by atoms with Gasteiger partial charge in [-0.1, -0.05) is 18.2 Å². The van der Waals surface area contributed by atoms with Crippen LogP contribution in [0.1, 0.15) is 5.56 Å². The van der Waals surface area contributed by atoms with E-state index >= 15 is 0 Å². The van der Waals surface area contributed by atoms with E-state index in [4.69, 9.17) is 4.74 Å². The third kappa shape index (κ3) is 5.99. The van der Waals surface area contributed by atoms with E-state index in [1.54, 1.807) is 0 Å². The monoisotopic (exact) mass is 388 g/mol. The summed E-state index contributed by atoms with van der Waals surface area (Å²) >= 11 is 1.24. The molecule has 2 aromatic rings. The van der Waals surface area contributed by atoms with Crippen molar-refractivity contribution < 1.29 is 18.7 Å². The van der Waals surface area contributed by atoms with Crippen LogP contribution in [0, 0.1) is 11.7 Å². The standard InChI is InChI=1S/C20H21FN2O3S/c21-16-5-7-17(8-6-16)23-20(25)13-27-12-19(24)22-10-14-9-15-3-1-2-4-18(15)26-11-14/h1-8,14H,9-13H2,(H,22,24)(H,23,25). The maximum absolute atomic E-state index is 12.8. The summed E-state index contributed by atoms with van der Waals surface area (Å²) in [4.78, 5) is 23.8. The minimum absolute atomic E-state index is 0.103. The smallest absolute Gasteiger partial charge is 0.234 e. The summed E-state index contributed by atoms with van der Waals surface area (Å²) in [6.07, 6.45) is 0.879. The zero-order valence-corrected chi connectivity index (χ0v) is 15.6. The maximum Gasteiger partial charge on any atom is 0.234 e. The molecular weight excluding hydrogens is 367 g/mol. The predicted octanol–water partition coefficient (Wildman–Crippen LogP) is 2.86. The average Bonchev–Trinajstić information content (AvgIpc) is 2.68. The first-order chi connectivity index (χ1) is 13.1. The molecule has 0 bridgehead atoms. The number of hydrogen-bond donors (Lipinski definition) is 2. The molecule has 0 saturated heterocycles. The van der Waals surface area contributed by atoms with Gasteiger partial charge in [0.05, 0.1) is 18.1 Å². The molecule has 0 saturated carbocycles. The van der Waals surface area contributed by atoms with Gasteiger partial charge < -0.3 is 15.4 Å². The first kappa shape index (κ1) is 19.2. The fraction of sp³-hybridized carbons (Fsp3) is 0.300. The molecule has 1 aliphatic heterocycles. The van der Waals surface area contributed by atoms with Crippen molar-refractivity contribution in [2.45, 2.75) is 6.42 Å². The number of ether oxygens (including phenoxy) is 1. The Labute approximate surface area is 161 Å². The van der Waals surface area contributed by atoms with Gasteiger partial charge in [0.2, 0.25) is 11.8 Å². The molecule has 1 unspecified atom stereocenters. The van der Waals surface area contributed by atoms with Crippen LogP contribution in [0.15, 0.2) is 48.5 Å². The molecule has 2 amide bonds. The summed E-state index contributed by atoms with van der Waals surface area (Å²) in [6, 6.07) is 13.5. The third-order valence-corrected chi connectivity index (χ3v) is 5.07. The van der Waals surface area contributed by atoms with Crippen LogP contribution >= 0.6 is 11.8 Å². The highest BCUT2D eigenvalue weighted by Gasteiger charge is 2.19. The van der Waals surface area contributed by atoms with Gasteiger partial charge in [-0.2, -0.15) is 0 Å². The predicted molar refractivity (Wildman–Crippen MR) is 104 cm³/mol. The van der Waals surface area contributed by atoms with E-state index in [9.17, 15) is 14.0 Å². The largest absolute Gasteiger partial charge is 0.493 e. The molecule has 0 fully saturated rings. The lowest BCUT2D eigenvalue weighted by molar-refractivity contribution is -0.118. The van der Waals surface area contributed by atoms with Crippen molar-refractivity contribution in [3.05, 3.63) is 59.9 Å². The summed E-state index contributed by atoms with van der Waals surface area (Å²) in [5.41, 5.74) is 1.69. The van der Waals surface area contributed by atoms with Crippen molar-refractivity contribution in [3.8, 4) is 5.75 Å². The molecule has 5 nitrogen and oxygen atoms in total. The van der Waals surface area contributed by atoms with Crippen LogP contribution in [-0.4, -0.2) is 36.5 Å². The number of benzene rings is 2. The van der Waals surface area contributed by atoms with Crippen LogP contribution in [0.5, 0.6) is 5.75 Å². The molecule has 0 spiro atoms. The summed E-state index contributed by atoms with van der Waals surface area (Å²) in [5, 5.41) is 5.56. The van der Waals surface area contributed by atoms with Gasteiger partial charge in [0, 0.05) is 18.2 Å². The van der Waals surface area contributed by atoms with Gasteiger partial charge >= 0.3 is 0 Å². The fourth-order valence-corrected chi connectivity index (χ4v) is 3.44. The number of nitrogens with one attached hydrogen (secondary N) is 2. The van der Waals surface area contributed by atoms with Crippen molar-refractivity contribution in [1.29, 1.82) is 0 Å². The van der Waals surface area contributed by atoms with E-state index in [0.717, 1.165) is 17.7 Å². The lowest BCUT2D eigenvalue weighted by atomic mass is 9.97. The molecule has 3 rings (SSSR count). The van der Waals surface area contributed by atoms with Crippen LogP contribution in [0.2, 0.25) is 0 Å². The second-order valence-electron chi connectivity index (χ2n) is 6.34. The lowest BCUT2D eigenvalue weighted by Gasteiger charge is -2.25. The summed E-state index contributed by atoms with van der Waals surface area (Å²) in [5.74, 6) is 0.848. The Kier molecular flexibility index (Phi) is 6.70. The highest BCUT2D eigenvalue weighted by molar-refractivity contribution is 8.00. The second kappa shape index (κ2) is 9.41. The van der Waals surface area contributed by atoms with Gasteiger partial charge in [0.25, 0.3) is 0 Å². The molecule has 1 atom stereocenters. The highest BCUT2D eigenvalue weighted by atomic mass is 32.2. The number of fused-ring (bicyclic) bond motifs is 1. The van der Waals surface area contributed by atoms with Crippen molar-refractivity contribution in [1.82, 2.24) is 5.32 Å². The number of carbonyl (C=O) groups excluding carboxylic acids is 2. The molecule has 142 valence electrons. The molecule has 0 aromatic heterocycles. The van der Waals surface area contributed by atoms with E-state index < -0.39 is 0 Å². The van der Waals surface area contributed by atoms with Crippen molar-refractivity contribution in [3.63, 3.8) is 0 Å². The summed E-state index contributed by atoms with van der Waals surface area (Å²) in [7, 11) is 0. The molecule has 0 aliphatic carbocycles. The topological polar surface area (TPSA) is 67.4 Å². The molecule has 7 heteroatoms. The number of rotatable bonds is 7. The molecule has 2 aromatic carbocycles. The number of para-hydroxylation sites is 1. The SMILES string of the molecule is O=C(CSCC(=O)Nc1ccc(F)cc1)NCC1COc2ccccc2C1. The van der Waals surface area contributed by atoms with Gasteiger partial charge in [-0.3, -0.25) is 9.59 Å². The van der Waals surface area contributed by atoms with Gasteiger partial charge in [0.15, 0.2) is 0 Å². The highest BCUT2D eigenvalue weighted by Crippen LogP contribution is 2.26. The Morgan fingerprint density at radius 2 is 1.81 bits per heavy atom. The van der Waals surface area contributed by atoms with Gasteiger partial charge in [-0.05, 0) is 42.3 Å². The molecular formula is C20H21FN2O3S. The van der Waals surface area contributed by atoms with Crippen molar-refractivity contribution >= 4 is 29.3 Å². The van der Waals surface area contributed by atoms with E-state index in [0.29, 0.717) is 18.8 Å². The van der Waals surface area contributed by atoms with Gasteiger partial charge in [-0.25, -0.2) is 4.39 Å². The van der Waals surface area contributed by atoms with Gasteiger partial charge in [0.1, 0.15) is 11.6 Å². The number of hydrogen-bond acceptors (Lipinski definition) is 4. The molecule has 1 heterocycles. The number of thioether (sulfide) groups is 1. The first-order valence-corrected chi connectivity index (χ1v) is 9.86. The minimum atomic E-state index is -0.356. The Hall–Kier alpha value is -2.54. The lowest BCUT2D eigenvalue weighted by Crippen LogP contribution is -2.35. The molecule has 1 aliphatic rings. The van der Waals surface area contributed by atoms with Gasteiger partial charge in [-0.15, -0.1) is 11.8 Å². The number of anilines is 1. The van der Waals surface area contributed by atoms with Crippen LogP contribution in [0.25, 0.3) is 0 Å². The second-order valence-corrected chi connectivity index (χ2v) is 7.33. The number of carbonyl (C=O) groups is 2. The average molecular weight is 388 g/mol. The first-order valence-electron chi connectivity index (χ1n) is 8.71. The minimum Gasteiger partial charge on any atom is -0.493 e. The summed E-state index contributed by atoms with van der Waals surface area (Å²) < 4.78 is 18.5. The Bertz CT molecular complexity index is 798. The van der Waals surface area contributed by atoms with E-state index in [-0.39, 0.29) is 35.1 Å². The van der Waals surface area contributed by atoms with E-state index in [1.807, 2.05) is 24.3 Å². The van der Waals surface area contributed by atoms with Crippen LogP contribution in [0.3, 0.4) is 0 Å². The van der Waals surface area contributed by atoms with E-state index in [2.05, 4.69) is 10.6 Å². The molecule has 0 radical (unpaired) electrons. The fourth-order valence-electron chi connectivity index (χ4n) is 2.80. The Balaban J connectivity index is 1.32. The number of amides is 2. The Morgan fingerprint density at radius 3 is 2.63 bits per heavy atom. The maximum atomic E-state index is 12.8. The van der Waals surface area contributed by atoms with Crippen molar-refractivity contribution in [2.24, 2.45) is 5.92 Å². The zero-order chi connectivity index (χ0) is 19.1. The van der Waals surface area contributed by atoms with Crippen LogP contribution in [-0.2, 0) is 16.0 Å². The van der Waals surface area contributed by atoms with Crippen LogP contribution < -0.4 is 15.4 Å². The zero-order valence-electron chi connectivity index (χ0n) is 14.7. The normalized spacial score (nSPS) is 15.4. The van der Waals surface area contributed by atoms with E-state index in [1.165, 1.54) is 36.0 Å². The molecule has 2 N–H and O–H groups in total. The van der Waals surface area contributed by atoms with Crippen LogP contribution in [0.4, 0.5) is 10.1 Å². The summed E-state index contributed by atoms with van der Waals surface area (Å²) in [6.45, 7) is 1.14. The quantitative estimate of drug-likeness (QED) is 0.765. The molecule has 27 heavy (non-hydrogen) atoms.